The molecule has 3 aromatic carbocycles. The van der Waals surface area contributed by atoms with Crippen molar-refractivity contribution in [2.75, 3.05) is 7.11 Å². The molecule has 0 amide bonds. The Bertz CT molecular complexity index is 1410. The van der Waals surface area contributed by atoms with Crippen LogP contribution in [0.5, 0.6) is 11.5 Å². The maximum Gasteiger partial charge on any atom is 1.00 e. The van der Waals surface area contributed by atoms with E-state index in [-0.39, 0.29) is 81.0 Å². The summed E-state index contributed by atoms with van der Waals surface area (Å²) in [5.41, 5.74) is -0.862. The van der Waals surface area contributed by atoms with Gasteiger partial charge in [-0.2, -0.15) is 8.42 Å². The molecule has 0 saturated heterocycles. The van der Waals surface area contributed by atoms with Gasteiger partial charge in [-0.3, -0.25) is 4.55 Å². The van der Waals surface area contributed by atoms with Crippen LogP contribution in [-0.4, -0.2) is 33.1 Å². The summed E-state index contributed by atoms with van der Waals surface area (Å²) < 4.78 is 72.9. The van der Waals surface area contributed by atoms with Gasteiger partial charge >= 0.3 is 59.1 Å². The molecule has 0 spiro atoms. The summed E-state index contributed by atoms with van der Waals surface area (Å²) in [6, 6.07) is 8.34. The fourth-order valence-corrected chi connectivity index (χ4v) is 4.22. The first-order valence-corrected chi connectivity index (χ1v) is 11.1. The van der Waals surface area contributed by atoms with Gasteiger partial charge < -0.3 is 14.4 Å². The molecule has 0 fully saturated rings. The van der Waals surface area contributed by atoms with Crippen LogP contribution in [0.25, 0.3) is 10.8 Å². The SMILES string of the molecule is COc1ccc(Cl)cc1N=Nc1c(S(=O)(=O)O)cc2cccc(S(=O)(=O)[O-])c2c1[O-].[Na+].[Na+]. The molecule has 0 heterocycles. The van der Waals surface area contributed by atoms with Crippen molar-refractivity contribution >= 4 is 54.0 Å². The molecule has 3 rings (SSSR count). The fraction of sp³-hybridized carbons (Fsp3) is 0.0588. The molecule has 0 aliphatic rings. The van der Waals surface area contributed by atoms with Gasteiger partial charge in [0, 0.05) is 5.02 Å². The number of methoxy groups -OCH3 is 1. The number of azo groups is 1. The zero-order valence-corrected chi connectivity index (χ0v) is 23.3. The second kappa shape index (κ2) is 11.1. The molecule has 0 aliphatic carbocycles. The number of nitrogens with zero attached hydrogens (tertiary/aromatic N) is 2. The molecule has 0 aliphatic heterocycles. The number of hydrogen-bond donors (Lipinski definition) is 1. The largest absolute Gasteiger partial charge is 1.00 e. The first-order chi connectivity index (χ1) is 13.9. The van der Waals surface area contributed by atoms with Crippen molar-refractivity contribution < 1.29 is 94.9 Å². The average molecular weight is 517 g/mol. The van der Waals surface area contributed by atoms with E-state index in [0.717, 1.165) is 18.2 Å². The molecule has 32 heavy (non-hydrogen) atoms. The van der Waals surface area contributed by atoms with Gasteiger partial charge in [0.2, 0.25) is 0 Å². The van der Waals surface area contributed by atoms with Crippen molar-refractivity contribution in [3.05, 3.63) is 47.5 Å². The van der Waals surface area contributed by atoms with Gasteiger partial charge in [-0.05, 0) is 41.1 Å². The zero-order chi connectivity index (χ0) is 22.3. The molecular formula is C17H11ClN2Na2O8S2. The second-order valence-corrected chi connectivity index (χ2v) is 9.03. The zero-order valence-electron chi connectivity index (χ0n) is 16.9. The van der Waals surface area contributed by atoms with Crippen molar-refractivity contribution in [3.63, 3.8) is 0 Å². The Morgan fingerprint density at radius 2 is 1.66 bits per heavy atom. The van der Waals surface area contributed by atoms with Gasteiger partial charge in [-0.1, -0.05) is 29.5 Å². The van der Waals surface area contributed by atoms with E-state index in [4.69, 9.17) is 16.3 Å². The summed E-state index contributed by atoms with van der Waals surface area (Å²) in [6.07, 6.45) is 0. The van der Waals surface area contributed by atoms with E-state index in [0.29, 0.717) is 0 Å². The summed E-state index contributed by atoms with van der Waals surface area (Å²) >= 11 is 5.88. The number of benzene rings is 3. The number of rotatable bonds is 5. The standard InChI is InChI=1S/C17H13ClN2O8S2.2Na/c1-28-12-6-5-10(18)8-11(12)19-20-16-14(30(25,26)27)7-9-3-2-4-13(29(22,23)24)15(9)17(16)21;;/h2-8,21H,1H3,(H,22,23,24)(H,25,26,27);;/q;2*+1/p-2. The second-order valence-electron chi connectivity index (χ2n) is 5.85. The Hall–Kier alpha value is -0.770. The van der Waals surface area contributed by atoms with Crippen molar-refractivity contribution in [1.29, 1.82) is 0 Å². The number of fused-ring (bicyclic) bond motifs is 1. The Kier molecular flexibility index (Phi) is 10.2. The van der Waals surface area contributed by atoms with Gasteiger partial charge in [-0.25, -0.2) is 8.42 Å². The van der Waals surface area contributed by atoms with Crippen LogP contribution in [0, 0.1) is 0 Å². The van der Waals surface area contributed by atoms with Gasteiger partial charge in [0.25, 0.3) is 10.1 Å². The summed E-state index contributed by atoms with van der Waals surface area (Å²) in [6.45, 7) is 0. The fourth-order valence-electron chi connectivity index (χ4n) is 2.70. The smallest absolute Gasteiger partial charge is 0.870 e. The normalized spacial score (nSPS) is 11.8. The minimum absolute atomic E-state index is 0. The minimum Gasteiger partial charge on any atom is -0.870 e. The van der Waals surface area contributed by atoms with Crippen LogP contribution in [0.2, 0.25) is 5.02 Å². The van der Waals surface area contributed by atoms with Crippen LogP contribution in [0.3, 0.4) is 0 Å². The van der Waals surface area contributed by atoms with Crippen LogP contribution >= 0.6 is 11.6 Å². The minimum atomic E-state index is -5.07. The Morgan fingerprint density at radius 3 is 2.22 bits per heavy atom. The summed E-state index contributed by atoms with van der Waals surface area (Å²) in [5.74, 6) is -1.03. The van der Waals surface area contributed by atoms with Crippen LogP contribution in [0.15, 0.2) is 62.5 Å². The van der Waals surface area contributed by atoms with Crippen LogP contribution in [0.4, 0.5) is 11.4 Å². The predicted molar refractivity (Wildman–Crippen MR) is 103 cm³/mol. The van der Waals surface area contributed by atoms with E-state index in [1.54, 1.807) is 0 Å². The molecule has 0 unspecified atom stereocenters. The molecule has 1 N–H and O–H groups in total. The maximum absolute atomic E-state index is 12.9. The van der Waals surface area contributed by atoms with E-state index in [2.05, 4.69) is 10.2 Å². The number of halogens is 1. The molecule has 0 atom stereocenters. The third-order valence-corrected chi connectivity index (χ3v) is 5.95. The quantitative estimate of drug-likeness (QED) is 0.215. The molecule has 0 bridgehead atoms. The first-order valence-electron chi connectivity index (χ1n) is 7.89. The molecule has 0 saturated carbocycles. The van der Waals surface area contributed by atoms with E-state index in [1.807, 2.05) is 0 Å². The average Bonchev–Trinajstić information content (AvgIpc) is 2.65. The monoisotopic (exact) mass is 516 g/mol. The summed E-state index contributed by atoms with van der Waals surface area (Å²) in [7, 11) is -8.71. The molecule has 0 radical (unpaired) electrons. The van der Waals surface area contributed by atoms with Gasteiger partial charge in [-0.15, -0.1) is 10.2 Å². The third kappa shape index (κ3) is 6.21. The number of ether oxygens (including phenoxy) is 1. The molecular weight excluding hydrogens is 506 g/mol. The predicted octanol–water partition coefficient (Wildman–Crippen LogP) is -2.85. The molecule has 3 aromatic rings. The van der Waals surface area contributed by atoms with Crippen molar-refractivity contribution in [3.8, 4) is 11.5 Å². The first kappa shape index (κ1) is 29.3. The Labute approximate surface area is 232 Å². The van der Waals surface area contributed by atoms with E-state index < -0.39 is 46.9 Å². The molecule has 0 aromatic heterocycles. The molecule has 10 nitrogen and oxygen atoms in total. The van der Waals surface area contributed by atoms with E-state index >= 15 is 0 Å². The maximum atomic E-state index is 12.9. The van der Waals surface area contributed by atoms with Crippen LogP contribution < -0.4 is 69.0 Å². The van der Waals surface area contributed by atoms with Gasteiger partial charge in [0.1, 0.15) is 26.5 Å². The topological polar surface area (TPSA) is 169 Å². The van der Waals surface area contributed by atoms with Crippen LogP contribution in [0.1, 0.15) is 0 Å². The van der Waals surface area contributed by atoms with Gasteiger partial charge in [0.05, 0.1) is 17.7 Å². The van der Waals surface area contributed by atoms with E-state index in [9.17, 15) is 31.0 Å². The van der Waals surface area contributed by atoms with Crippen LogP contribution in [-0.2, 0) is 20.2 Å². The van der Waals surface area contributed by atoms with Crippen molar-refractivity contribution in [2.24, 2.45) is 10.2 Å². The van der Waals surface area contributed by atoms with Crippen molar-refractivity contribution in [1.82, 2.24) is 0 Å². The Balaban J connectivity index is 0.00000256. The van der Waals surface area contributed by atoms with Crippen molar-refractivity contribution in [2.45, 2.75) is 9.79 Å². The molecule has 158 valence electrons. The third-order valence-electron chi connectivity index (χ3n) is 3.97. The Morgan fingerprint density at radius 1 is 1.00 bits per heavy atom. The summed E-state index contributed by atoms with van der Waals surface area (Å²) in [4.78, 5) is -1.77. The van der Waals surface area contributed by atoms with Gasteiger partial charge in [0.15, 0.2) is 0 Å². The number of hydrogen-bond acceptors (Lipinski definition) is 9. The molecule has 15 heteroatoms. The summed E-state index contributed by atoms with van der Waals surface area (Å²) in [5, 5.41) is 19.7. The van der Waals surface area contributed by atoms with E-state index in [1.165, 1.54) is 31.4 Å².